The van der Waals surface area contributed by atoms with Crippen LogP contribution in [0.5, 0.6) is 17.2 Å². The van der Waals surface area contributed by atoms with Gasteiger partial charge in [-0.05, 0) is 6.42 Å². The van der Waals surface area contributed by atoms with Gasteiger partial charge in [-0.2, -0.15) is 0 Å². The third kappa shape index (κ3) is 1.44. The molecule has 1 aromatic rings. The molecular weight excluding hydrogens is 256 g/mol. The SMILES string of the molecule is CCc1c(O)c(O)c2c(c1O)C(=O)C(=O)C(O)=C2O. The van der Waals surface area contributed by atoms with E-state index in [1.54, 1.807) is 6.92 Å². The summed E-state index contributed by atoms with van der Waals surface area (Å²) in [6.07, 6.45) is 0.0798. The maximum Gasteiger partial charge on any atom is 0.271 e. The van der Waals surface area contributed by atoms with Gasteiger partial charge >= 0.3 is 0 Å². The highest BCUT2D eigenvalue weighted by atomic mass is 16.3. The number of aromatic hydroxyl groups is 3. The number of hydrogen-bond donors (Lipinski definition) is 5. The molecule has 0 aromatic heterocycles. The molecule has 2 rings (SSSR count). The molecule has 0 radical (unpaired) electrons. The second-order valence-corrected chi connectivity index (χ2v) is 3.98. The molecule has 7 nitrogen and oxygen atoms in total. The zero-order chi connectivity index (χ0) is 14.5. The van der Waals surface area contributed by atoms with E-state index >= 15 is 0 Å². The molecule has 0 fully saturated rings. The van der Waals surface area contributed by atoms with Crippen molar-refractivity contribution in [3.8, 4) is 17.2 Å². The molecule has 1 aliphatic rings. The van der Waals surface area contributed by atoms with E-state index in [9.17, 15) is 35.1 Å². The minimum absolute atomic E-state index is 0.0798. The van der Waals surface area contributed by atoms with E-state index in [2.05, 4.69) is 0 Å². The Morgan fingerprint density at radius 2 is 1.32 bits per heavy atom. The van der Waals surface area contributed by atoms with Crippen molar-refractivity contribution in [1.29, 1.82) is 0 Å². The largest absolute Gasteiger partial charge is 0.507 e. The van der Waals surface area contributed by atoms with Crippen LogP contribution in [-0.2, 0) is 11.2 Å². The van der Waals surface area contributed by atoms with Gasteiger partial charge in [-0.1, -0.05) is 6.92 Å². The maximum absolute atomic E-state index is 11.7. The van der Waals surface area contributed by atoms with Gasteiger partial charge in [-0.3, -0.25) is 9.59 Å². The third-order valence-electron chi connectivity index (χ3n) is 2.98. The average molecular weight is 266 g/mol. The first kappa shape index (κ1) is 12.7. The Balaban J connectivity index is 2.99. The molecule has 0 saturated heterocycles. The molecule has 5 N–H and O–H groups in total. The zero-order valence-electron chi connectivity index (χ0n) is 9.76. The summed E-state index contributed by atoms with van der Waals surface area (Å²) < 4.78 is 0. The number of carbonyl (C=O) groups is 2. The summed E-state index contributed by atoms with van der Waals surface area (Å²) in [5.41, 5.74) is -1.42. The number of allylic oxidation sites excluding steroid dienone is 1. The van der Waals surface area contributed by atoms with Crippen molar-refractivity contribution in [2.45, 2.75) is 13.3 Å². The van der Waals surface area contributed by atoms with Gasteiger partial charge in [0.15, 0.2) is 17.3 Å². The van der Waals surface area contributed by atoms with Crippen LogP contribution in [0, 0.1) is 0 Å². The molecule has 0 bridgehead atoms. The summed E-state index contributed by atoms with van der Waals surface area (Å²) in [5, 5.41) is 48.2. The molecule has 0 atom stereocenters. The van der Waals surface area contributed by atoms with E-state index in [-0.39, 0.29) is 12.0 Å². The predicted molar refractivity (Wildman–Crippen MR) is 62.3 cm³/mol. The molecule has 0 aliphatic heterocycles. The highest BCUT2D eigenvalue weighted by molar-refractivity contribution is 6.52. The van der Waals surface area contributed by atoms with Gasteiger partial charge in [0.25, 0.3) is 5.78 Å². The van der Waals surface area contributed by atoms with Crippen molar-refractivity contribution >= 4 is 17.3 Å². The van der Waals surface area contributed by atoms with Gasteiger partial charge in [0.1, 0.15) is 5.75 Å². The van der Waals surface area contributed by atoms with Gasteiger partial charge in [-0.25, -0.2) is 0 Å². The first-order valence-corrected chi connectivity index (χ1v) is 5.34. The van der Waals surface area contributed by atoms with Crippen molar-refractivity contribution in [1.82, 2.24) is 0 Å². The number of rotatable bonds is 1. The summed E-state index contributed by atoms with van der Waals surface area (Å²) in [4.78, 5) is 23.1. The number of ketones is 2. The van der Waals surface area contributed by atoms with E-state index in [0.717, 1.165) is 0 Å². The van der Waals surface area contributed by atoms with Crippen molar-refractivity contribution in [3.63, 3.8) is 0 Å². The molecule has 1 aromatic carbocycles. The van der Waals surface area contributed by atoms with Crippen LogP contribution in [-0.4, -0.2) is 37.1 Å². The lowest BCUT2D eigenvalue weighted by Gasteiger charge is -2.19. The van der Waals surface area contributed by atoms with Crippen LogP contribution in [0.15, 0.2) is 5.76 Å². The first-order chi connectivity index (χ1) is 8.82. The van der Waals surface area contributed by atoms with Gasteiger partial charge in [-0.15, -0.1) is 0 Å². The van der Waals surface area contributed by atoms with Gasteiger partial charge in [0.05, 0.1) is 11.1 Å². The van der Waals surface area contributed by atoms with Gasteiger partial charge in [0, 0.05) is 5.56 Å². The number of hydrogen-bond acceptors (Lipinski definition) is 7. The van der Waals surface area contributed by atoms with Crippen LogP contribution in [0.3, 0.4) is 0 Å². The summed E-state index contributed by atoms with van der Waals surface area (Å²) in [7, 11) is 0. The fourth-order valence-electron chi connectivity index (χ4n) is 1.99. The summed E-state index contributed by atoms with van der Waals surface area (Å²) in [6, 6.07) is 0. The standard InChI is InChI=1S/C12H10O7/c1-2-3-6(13)4-5(8(15)7(3)14)10(17)12(19)11(18)9(4)16/h13-15,17,19H,2H2,1H3. The molecule has 0 heterocycles. The number of phenols is 3. The minimum Gasteiger partial charge on any atom is -0.507 e. The van der Waals surface area contributed by atoms with Crippen LogP contribution in [0.25, 0.3) is 5.76 Å². The number of aliphatic hydroxyl groups is 2. The fourth-order valence-corrected chi connectivity index (χ4v) is 1.99. The van der Waals surface area contributed by atoms with E-state index in [0.29, 0.717) is 0 Å². The maximum atomic E-state index is 11.7. The molecule has 0 amide bonds. The second kappa shape index (κ2) is 3.91. The zero-order valence-corrected chi connectivity index (χ0v) is 9.76. The lowest BCUT2D eigenvalue weighted by molar-refractivity contribution is -0.114. The molecule has 0 unspecified atom stereocenters. The van der Waals surface area contributed by atoms with E-state index < -0.39 is 51.5 Å². The Kier molecular flexibility index (Phi) is 2.62. The molecule has 0 saturated carbocycles. The topological polar surface area (TPSA) is 135 Å². The molecule has 7 heteroatoms. The molecule has 1 aliphatic carbocycles. The van der Waals surface area contributed by atoms with Gasteiger partial charge < -0.3 is 25.5 Å². The highest BCUT2D eigenvalue weighted by Crippen LogP contribution is 2.47. The number of carbonyl (C=O) groups excluding carboxylic acids is 2. The van der Waals surface area contributed by atoms with E-state index in [1.807, 2.05) is 0 Å². The Labute approximate surface area is 106 Å². The van der Waals surface area contributed by atoms with E-state index in [4.69, 9.17) is 0 Å². The van der Waals surface area contributed by atoms with Gasteiger partial charge in [0.2, 0.25) is 11.5 Å². The van der Waals surface area contributed by atoms with Crippen LogP contribution < -0.4 is 0 Å². The molecule has 0 spiro atoms. The Morgan fingerprint density at radius 1 is 0.737 bits per heavy atom. The Bertz CT molecular complexity index is 655. The van der Waals surface area contributed by atoms with Crippen molar-refractivity contribution < 1.29 is 35.1 Å². The number of aliphatic hydroxyl groups excluding tert-OH is 2. The monoisotopic (exact) mass is 266 g/mol. The highest BCUT2D eigenvalue weighted by Gasteiger charge is 2.39. The number of benzene rings is 1. The Hall–Kier alpha value is -2.70. The van der Waals surface area contributed by atoms with Crippen molar-refractivity contribution in [2.75, 3.05) is 0 Å². The third-order valence-corrected chi connectivity index (χ3v) is 2.98. The summed E-state index contributed by atoms with van der Waals surface area (Å²) in [6.45, 7) is 1.54. The smallest absolute Gasteiger partial charge is 0.271 e. The average Bonchev–Trinajstić information content (AvgIpc) is 2.38. The summed E-state index contributed by atoms with van der Waals surface area (Å²) >= 11 is 0. The van der Waals surface area contributed by atoms with Crippen molar-refractivity contribution in [2.24, 2.45) is 0 Å². The van der Waals surface area contributed by atoms with Crippen LogP contribution in [0.4, 0.5) is 0 Å². The minimum atomic E-state index is -1.40. The summed E-state index contributed by atoms with van der Waals surface area (Å²) in [5.74, 6) is -7.28. The van der Waals surface area contributed by atoms with E-state index in [1.165, 1.54) is 0 Å². The normalized spacial score (nSPS) is 14.8. The molecule has 100 valence electrons. The number of fused-ring (bicyclic) bond motifs is 1. The van der Waals surface area contributed by atoms with Crippen LogP contribution in [0.2, 0.25) is 0 Å². The quantitative estimate of drug-likeness (QED) is 0.289. The number of phenolic OH excluding ortho intramolecular Hbond substituents is 3. The van der Waals surface area contributed by atoms with Crippen molar-refractivity contribution in [3.05, 3.63) is 22.4 Å². The van der Waals surface area contributed by atoms with Crippen LogP contribution >= 0.6 is 0 Å². The predicted octanol–water partition coefficient (Wildman–Crippen LogP) is 0.916. The fraction of sp³-hybridized carbons (Fsp3) is 0.167. The molecule has 19 heavy (non-hydrogen) atoms. The second-order valence-electron chi connectivity index (χ2n) is 3.98. The molecular formula is C12H10O7. The lowest BCUT2D eigenvalue weighted by Crippen LogP contribution is -2.24. The Morgan fingerprint density at radius 3 is 1.84 bits per heavy atom. The lowest BCUT2D eigenvalue weighted by atomic mass is 9.88. The van der Waals surface area contributed by atoms with Crippen LogP contribution in [0.1, 0.15) is 28.4 Å². The first-order valence-electron chi connectivity index (χ1n) is 5.34. The number of Topliss-reactive ketones (excluding diaryl/α,β-unsaturated/α-hetero) is 2.